The number of benzene rings is 2. The van der Waals surface area contributed by atoms with Crippen molar-refractivity contribution in [1.82, 2.24) is 4.90 Å². The smallest absolute Gasteiger partial charge is 0.223 e. The first-order valence-corrected chi connectivity index (χ1v) is 9.23. The number of carbonyl (C=O) groups excluding carboxylic acids is 1. The molecule has 1 atom stereocenters. The van der Waals surface area contributed by atoms with Crippen molar-refractivity contribution in [3.05, 3.63) is 64.7 Å². The number of aryl methyl sites for hydroxylation is 1. The first-order valence-electron chi connectivity index (χ1n) is 7.87. The van der Waals surface area contributed by atoms with Crippen molar-refractivity contribution in [3.63, 3.8) is 0 Å². The molecule has 0 aromatic heterocycles. The quantitative estimate of drug-likeness (QED) is 0.713. The lowest BCUT2D eigenvalue weighted by molar-refractivity contribution is -0.131. The Hall–Kier alpha value is -1.45. The van der Waals surface area contributed by atoms with Gasteiger partial charge in [0.05, 0.1) is 6.04 Å². The molecule has 0 heterocycles. The number of fused-ring (bicyclic) bond motifs is 1. The van der Waals surface area contributed by atoms with E-state index in [0.717, 1.165) is 28.5 Å². The monoisotopic (exact) mass is 345 g/mol. The molecule has 4 heteroatoms. The van der Waals surface area contributed by atoms with E-state index in [1.54, 1.807) is 11.8 Å². The Morgan fingerprint density at radius 3 is 2.74 bits per heavy atom. The van der Waals surface area contributed by atoms with E-state index in [2.05, 4.69) is 24.3 Å². The second-order valence-corrected chi connectivity index (χ2v) is 7.42. The van der Waals surface area contributed by atoms with Crippen LogP contribution in [-0.4, -0.2) is 23.6 Å². The summed E-state index contributed by atoms with van der Waals surface area (Å²) < 4.78 is 0. The molecular formula is C19H20ClNOS. The van der Waals surface area contributed by atoms with Crippen molar-refractivity contribution >= 4 is 29.3 Å². The Morgan fingerprint density at radius 2 is 1.96 bits per heavy atom. The van der Waals surface area contributed by atoms with Gasteiger partial charge in [0.1, 0.15) is 0 Å². The van der Waals surface area contributed by atoms with E-state index in [-0.39, 0.29) is 11.9 Å². The van der Waals surface area contributed by atoms with Gasteiger partial charge in [-0.3, -0.25) is 4.79 Å². The summed E-state index contributed by atoms with van der Waals surface area (Å²) in [5.74, 6) is 1.01. The van der Waals surface area contributed by atoms with Crippen LogP contribution >= 0.6 is 23.4 Å². The molecule has 2 aromatic rings. The third-order valence-corrected chi connectivity index (χ3v) is 5.63. The zero-order valence-electron chi connectivity index (χ0n) is 13.2. The maximum absolute atomic E-state index is 12.5. The molecule has 0 bridgehead atoms. The second kappa shape index (κ2) is 7.41. The lowest BCUT2D eigenvalue weighted by Gasteiger charge is -2.25. The van der Waals surface area contributed by atoms with E-state index in [4.69, 9.17) is 11.6 Å². The summed E-state index contributed by atoms with van der Waals surface area (Å²) in [4.78, 5) is 15.5. The zero-order chi connectivity index (χ0) is 16.2. The minimum Gasteiger partial charge on any atom is -0.339 e. The molecular weight excluding hydrogens is 326 g/mol. The van der Waals surface area contributed by atoms with Gasteiger partial charge in [-0.1, -0.05) is 35.9 Å². The molecule has 0 radical (unpaired) electrons. The topological polar surface area (TPSA) is 20.3 Å². The normalized spacial score (nSPS) is 16.2. The van der Waals surface area contributed by atoms with Crippen LogP contribution in [0.25, 0.3) is 0 Å². The fourth-order valence-electron chi connectivity index (χ4n) is 3.07. The van der Waals surface area contributed by atoms with E-state index in [1.807, 2.05) is 36.2 Å². The molecule has 0 fully saturated rings. The van der Waals surface area contributed by atoms with Crippen molar-refractivity contribution in [3.8, 4) is 0 Å². The Bertz CT molecular complexity index is 686. The number of hydrogen-bond donors (Lipinski definition) is 0. The van der Waals surface area contributed by atoms with Gasteiger partial charge in [-0.05, 0) is 48.2 Å². The summed E-state index contributed by atoms with van der Waals surface area (Å²) in [5, 5.41) is 0.741. The lowest BCUT2D eigenvalue weighted by atomic mass is 10.1. The molecule has 1 amide bonds. The third-order valence-electron chi connectivity index (χ3n) is 4.36. The van der Waals surface area contributed by atoms with Crippen LogP contribution < -0.4 is 0 Å². The van der Waals surface area contributed by atoms with E-state index >= 15 is 0 Å². The van der Waals surface area contributed by atoms with Gasteiger partial charge in [0.25, 0.3) is 0 Å². The average Bonchev–Trinajstić information content (AvgIpc) is 3.00. The highest BCUT2D eigenvalue weighted by Gasteiger charge is 2.27. The molecule has 2 nitrogen and oxygen atoms in total. The van der Waals surface area contributed by atoms with E-state index in [9.17, 15) is 4.79 Å². The minimum absolute atomic E-state index is 0.216. The van der Waals surface area contributed by atoms with E-state index in [1.165, 1.54) is 11.1 Å². The van der Waals surface area contributed by atoms with Gasteiger partial charge in [-0.15, -0.1) is 11.8 Å². The predicted molar refractivity (Wildman–Crippen MR) is 97.1 cm³/mol. The highest BCUT2D eigenvalue weighted by atomic mass is 35.5. The molecule has 0 saturated heterocycles. The molecule has 0 saturated carbocycles. The van der Waals surface area contributed by atoms with Crippen LogP contribution in [0.2, 0.25) is 5.02 Å². The molecule has 3 rings (SSSR count). The lowest BCUT2D eigenvalue weighted by Crippen LogP contribution is -2.30. The number of carbonyl (C=O) groups is 1. The first-order chi connectivity index (χ1) is 11.1. The number of halogens is 1. The molecule has 1 unspecified atom stereocenters. The molecule has 0 spiro atoms. The van der Waals surface area contributed by atoms with Crippen LogP contribution in [0.5, 0.6) is 0 Å². The summed E-state index contributed by atoms with van der Waals surface area (Å²) >= 11 is 7.58. The molecule has 1 aliphatic carbocycles. The van der Waals surface area contributed by atoms with Crippen molar-refractivity contribution < 1.29 is 4.79 Å². The van der Waals surface area contributed by atoms with Crippen molar-refractivity contribution in [2.75, 3.05) is 12.8 Å². The van der Waals surface area contributed by atoms with Crippen LogP contribution in [0.15, 0.2) is 53.4 Å². The minimum atomic E-state index is 0.216. The van der Waals surface area contributed by atoms with Gasteiger partial charge in [0, 0.05) is 29.1 Å². The summed E-state index contributed by atoms with van der Waals surface area (Å²) in [5.41, 5.74) is 2.70. The van der Waals surface area contributed by atoms with Crippen molar-refractivity contribution in [2.24, 2.45) is 0 Å². The number of rotatable bonds is 5. The van der Waals surface area contributed by atoms with Crippen LogP contribution in [0.4, 0.5) is 0 Å². The Kier molecular flexibility index (Phi) is 5.29. The largest absolute Gasteiger partial charge is 0.339 e. The van der Waals surface area contributed by atoms with Crippen LogP contribution in [-0.2, 0) is 11.2 Å². The van der Waals surface area contributed by atoms with E-state index < -0.39 is 0 Å². The maximum Gasteiger partial charge on any atom is 0.223 e. The van der Waals surface area contributed by atoms with E-state index in [0.29, 0.717) is 6.42 Å². The van der Waals surface area contributed by atoms with Gasteiger partial charge in [0.15, 0.2) is 0 Å². The van der Waals surface area contributed by atoms with Crippen LogP contribution in [0.3, 0.4) is 0 Å². The van der Waals surface area contributed by atoms with Gasteiger partial charge in [-0.2, -0.15) is 0 Å². The van der Waals surface area contributed by atoms with Crippen LogP contribution in [0.1, 0.15) is 30.0 Å². The predicted octanol–water partition coefficient (Wildman–Crippen LogP) is 4.97. The molecule has 0 N–H and O–H groups in total. The zero-order valence-corrected chi connectivity index (χ0v) is 14.7. The fraction of sp³-hybridized carbons (Fsp3) is 0.316. The number of amides is 1. The number of hydrogen-bond acceptors (Lipinski definition) is 2. The van der Waals surface area contributed by atoms with Crippen molar-refractivity contribution in [2.45, 2.75) is 30.2 Å². The molecule has 2 aromatic carbocycles. The molecule has 120 valence electrons. The number of nitrogens with zero attached hydrogens (tertiary/aromatic N) is 1. The molecule has 1 aliphatic rings. The van der Waals surface area contributed by atoms with Crippen LogP contribution in [0, 0.1) is 0 Å². The summed E-state index contributed by atoms with van der Waals surface area (Å²) in [6, 6.07) is 16.4. The van der Waals surface area contributed by atoms with Gasteiger partial charge >= 0.3 is 0 Å². The van der Waals surface area contributed by atoms with Gasteiger partial charge < -0.3 is 4.90 Å². The highest BCUT2D eigenvalue weighted by Crippen LogP contribution is 2.35. The summed E-state index contributed by atoms with van der Waals surface area (Å²) in [6.45, 7) is 0. The summed E-state index contributed by atoms with van der Waals surface area (Å²) in [7, 11) is 1.93. The fourth-order valence-corrected chi connectivity index (χ4v) is 4.04. The van der Waals surface area contributed by atoms with Gasteiger partial charge in [0.2, 0.25) is 5.91 Å². The standard InChI is InChI=1S/C19H20ClNOS/c1-21(18-11-6-14-4-2-3-5-17(14)18)19(22)12-13-23-16-9-7-15(20)8-10-16/h2-5,7-10,18H,6,11-13H2,1H3. The highest BCUT2D eigenvalue weighted by molar-refractivity contribution is 7.99. The molecule has 23 heavy (non-hydrogen) atoms. The SMILES string of the molecule is CN(C(=O)CCSc1ccc(Cl)cc1)C1CCc2ccccc21. The second-order valence-electron chi connectivity index (χ2n) is 5.81. The third kappa shape index (κ3) is 3.91. The number of thioether (sulfide) groups is 1. The first kappa shape index (κ1) is 16.4. The van der Waals surface area contributed by atoms with Gasteiger partial charge in [-0.25, -0.2) is 0 Å². The summed E-state index contributed by atoms with van der Waals surface area (Å²) in [6.07, 6.45) is 2.66. The average molecular weight is 346 g/mol. The Balaban J connectivity index is 1.53. The Morgan fingerprint density at radius 1 is 1.22 bits per heavy atom. The molecule has 0 aliphatic heterocycles. The Labute approximate surface area is 146 Å². The van der Waals surface area contributed by atoms with Crippen molar-refractivity contribution in [1.29, 1.82) is 0 Å². The maximum atomic E-state index is 12.5.